The fraction of sp³-hybridized carbons (Fsp3) is 0.265. The van der Waals surface area contributed by atoms with E-state index in [2.05, 4.69) is 48.9 Å². The lowest BCUT2D eigenvalue weighted by molar-refractivity contribution is 0.0233. The number of carbonyl (C=O) groups is 1. The first kappa shape index (κ1) is 27.8. The minimum atomic E-state index is -1.14. The Bertz CT molecular complexity index is 1440. The Kier molecular flexibility index (Phi) is 8.29. The average Bonchev–Trinajstić information content (AvgIpc) is 3.24. The van der Waals surface area contributed by atoms with Crippen LogP contribution in [0.2, 0.25) is 0 Å². The number of fused-ring (bicyclic) bond motifs is 4. The van der Waals surface area contributed by atoms with Crippen LogP contribution in [0.4, 0.5) is 5.69 Å². The van der Waals surface area contributed by atoms with Crippen molar-refractivity contribution in [2.24, 2.45) is 0 Å². The molecule has 0 aliphatic carbocycles. The van der Waals surface area contributed by atoms with E-state index in [9.17, 15) is 4.79 Å². The number of anilines is 1. The van der Waals surface area contributed by atoms with Gasteiger partial charge < -0.3 is 19.7 Å². The maximum Gasteiger partial charge on any atom is 0.340 e. The summed E-state index contributed by atoms with van der Waals surface area (Å²) in [6, 6.07) is 13.8. The minimum absolute atomic E-state index is 0.347. The van der Waals surface area contributed by atoms with Crippen LogP contribution in [0.1, 0.15) is 63.0 Å². The molecular weight excluding hydrogens is 484 g/mol. The van der Waals surface area contributed by atoms with Crippen LogP contribution in [0.25, 0.3) is 0 Å². The molecule has 1 unspecified atom stereocenters. The molecule has 1 atom stereocenters. The summed E-state index contributed by atoms with van der Waals surface area (Å²) in [5, 5.41) is 3.46. The third-order valence-electron chi connectivity index (χ3n) is 7.33. The normalized spacial score (nSPS) is 19.9. The van der Waals surface area contributed by atoms with Gasteiger partial charge in [0.1, 0.15) is 5.75 Å². The van der Waals surface area contributed by atoms with Crippen LogP contribution in [0.15, 0.2) is 114 Å². The van der Waals surface area contributed by atoms with Crippen LogP contribution >= 0.6 is 0 Å². The number of ether oxygens (including phenoxy) is 2. The summed E-state index contributed by atoms with van der Waals surface area (Å²) in [5.41, 5.74) is 6.91. The maximum atomic E-state index is 13.2. The van der Waals surface area contributed by atoms with Crippen LogP contribution in [-0.2, 0) is 10.3 Å². The minimum Gasteiger partial charge on any atom is -0.464 e. The van der Waals surface area contributed by atoms with Gasteiger partial charge in [0.25, 0.3) is 0 Å². The Morgan fingerprint density at radius 1 is 1.05 bits per heavy atom. The lowest BCUT2D eigenvalue weighted by Crippen LogP contribution is -2.31. The Balaban J connectivity index is 1.94. The molecule has 39 heavy (non-hydrogen) atoms. The van der Waals surface area contributed by atoms with Gasteiger partial charge in [-0.1, -0.05) is 42.5 Å². The number of allylic oxidation sites excluding steroid dienone is 7. The van der Waals surface area contributed by atoms with Crippen LogP contribution in [0.5, 0.6) is 5.75 Å². The van der Waals surface area contributed by atoms with Gasteiger partial charge in [-0.15, -0.1) is 0 Å². The Morgan fingerprint density at radius 3 is 2.51 bits per heavy atom. The highest BCUT2D eigenvalue weighted by molar-refractivity contribution is 5.96. The second-order valence-electron chi connectivity index (χ2n) is 9.94. The average molecular weight is 523 g/mol. The maximum absolute atomic E-state index is 13.2. The van der Waals surface area contributed by atoms with Gasteiger partial charge in [-0.25, -0.2) is 4.79 Å². The topological polar surface area (TPSA) is 50.8 Å². The van der Waals surface area contributed by atoms with Crippen molar-refractivity contribution in [2.45, 2.75) is 47.1 Å². The van der Waals surface area contributed by atoms with Gasteiger partial charge >= 0.3 is 5.97 Å². The van der Waals surface area contributed by atoms with E-state index >= 15 is 0 Å². The van der Waals surface area contributed by atoms with Gasteiger partial charge in [-0.3, -0.25) is 0 Å². The van der Waals surface area contributed by atoms with Crippen LogP contribution in [0, 0.1) is 0 Å². The lowest BCUT2D eigenvalue weighted by atomic mass is 9.79. The number of nitrogens with one attached hydrogen (secondary N) is 1. The van der Waals surface area contributed by atoms with Crippen molar-refractivity contribution in [3.05, 3.63) is 130 Å². The molecule has 0 fully saturated rings. The van der Waals surface area contributed by atoms with Crippen LogP contribution < -0.4 is 15.0 Å². The Hall–Kier alpha value is -4.25. The molecule has 2 heterocycles. The molecule has 202 valence electrons. The summed E-state index contributed by atoms with van der Waals surface area (Å²) in [6.07, 6.45) is 11.6. The number of carbonyl (C=O) groups excluding carboxylic acids is 1. The molecule has 0 saturated carbocycles. The molecule has 2 aliphatic heterocycles. The van der Waals surface area contributed by atoms with Crippen molar-refractivity contribution in [3.8, 4) is 5.75 Å². The van der Waals surface area contributed by atoms with Crippen molar-refractivity contribution in [2.75, 3.05) is 18.0 Å². The van der Waals surface area contributed by atoms with E-state index in [0.29, 0.717) is 11.3 Å². The lowest BCUT2D eigenvalue weighted by Gasteiger charge is -2.33. The number of hydrogen-bond acceptors (Lipinski definition) is 5. The van der Waals surface area contributed by atoms with Gasteiger partial charge in [0, 0.05) is 47.9 Å². The predicted octanol–water partition coefficient (Wildman–Crippen LogP) is 7.70. The molecule has 0 bridgehead atoms. The van der Waals surface area contributed by atoms with Crippen molar-refractivity contribution >= 4 is 11.7 Å². The number of rotatable bonds is 7. The molecule has 0 radical (unpaired) electrons. The molecular formula is C34H38N2O3. The van der Waals surface area contributed by atoms with Crippen LogP contribution in [-0.4, -0.2) is 19.1 Å². The zero-order chi connectivity index (χ0) is 28.2. The molecule has 5 heteroatoms. The summed E-state index contributed by atoms with van der Waals surface area (Å²) in [5.74, 6) is 0.304. The first-order valence-corrected chi connectivity index (χ1v) is 13.4. The molecule has 4 rings (SSSR count). The molecule has 0 saturated heterocycles. The summed E-state index contributed by atoms with van der Waals surface area (Å²) in [7, 11) is 0. The summed E-state index contributed by atoms with van der Waals surface area (Å²) in [6.45, 7) is 17.9. The van der Waals surface area contributed by atoms with Gasteiger partial charge in [-0.05, 0) is 88.6 Å². The van der Waals surface area contributed by atoms with Gasteiger partial charge in [0.2, 0.25) is 0 Å². The van der Waals surface area contributed by atoms with E-state index in [4.69, 9.17) is 9.47 Å². The first-order chi connectivity index (χ1) is 18.7. The number of benzene rings is 2. The first-order valence-electron chi connectivity index (χ1n) is 13.4. The van der Waals surface area contributed by atoms with E-state index < -0.39 is 5.60 Å². The molecule has 5 nitrogen and oxygen atoms in total. The van der Waals surface area contributed by atoms with Gasteiger partial charge in [-0.2, -0.15) is 0 Å². The zero-order valence-electron chi connectivity index (χ0n) is 23.8. The fourth-order valence-electron chi connectivity index (χ4n) is 5.15. The molecule has 2 aromatic rings. The van der Waals surface area contributed by atoms with E-state index in [1.54, 1.807) is 6.26 Å². The molecule has 2 aromatic carbocycles. The molecule has 0 amide bonds. The smallest absolute Gasteiger partial charge is 0.340 e. The fourth-order valence-corrected chi connectivity index (χ4v) is 5.15. The quantitative estimate of drug-likeness (QED) is 0.298. The number of hydrogen-bond donors (Lipinski definition) is 1. The van der Waals surface area contributed by atoms with E-state index in [1.807, 2.05) is 82.4 Å². The SMILES string of the molecule is C=C/C(C)=C\C(C)=C\NC1=C(C)/C=C/Oc2cc(N(CC)CC)ccc2C2(OC(=O)c3ccccc32)C(C)=C1. The molecule has 1 N–H and O–H groups in total. The third kappa shape index (κ3) is 5.35. The Labute approximate surface area is 232 Å². The third-order valence-corrected chi connectivity index (χ3v) is 7.33. The highest BCUT2D eigenvalue weighted by Gasteiger charge is 2.50. The summed E-state index contributed by atoms with van der Waals surface area (Å²) in [4.78, 5) is 15.5. The zero-order valence-corrected chi connectivity index (χ0v) is 23.8. The predicted molar refractivity (Wildman–Crippen MR) is 160 cm³/mol. The van der Waals surface area contributed by atoms with Gasteiger partial charge in [0.15, 0.2) is 5.60 Å². The van der Waals surface area contributed by atoms with E-state index in [1.165, 1.54) is 0 Å². The highest BCUT2D eigenvalue weighted by Crippen LogP contribution is 2.51. The second-order valence-corrected chi connectivity index (χ2v) is 9.94. The van der Waals surface area contributed by atoms with E-state index in [-0.39, 0.29) is 5.97 Å². The van der Waals surface area contributed by atoms with E-state index in [0.717, 1.165) is 57.9 Å². The largest absolute Gasteiger partial charge is 0.464 e. The standard InChI is InChI=1S/C34H38N2O3/c1-8-23(4)19-24(5)22-35-31-20-26(7)34(29-14-12-11-13-28(29)33(37)39-34)30-16-15-27(36(9-2)10-3)21-32(30)38-18-17-25(31)6/h8,11-22,35H,1,9-10H2,2-7H3/b18-17+,23-19-,24-22+,26-20?,31-25?. The van der Waals surface area contributed by atoms with Gasteiger partial charge in [0.05, 0.1) is 11.8 Å². The summed E-state index contributed by atoms with van der Waals surface area (Å²) >= 11 is 0. The molecule has 2 aliphatic rings. The number of nitrogens with zero attached hydrogens (tertiary/aromatic N) is 1. The van der Waals surface area contributed by atoms with Crippen LogP contribution in [0.3, 0.4) is 0 Å². The summed E-state index contributed by atoms with van der Waals surface area (Å²) < 4.78 is 12.7. The number of esters is 1. The van der Waals surface area contributed by atoms with Crippen molar-refractivity contribution in [1.82, 2.24) is 5.32 Å². The van der Waals surface area contributed by atoms with Crippen molar-refractivity contribution in [3.63, 3.8) is 0 Å². The monoisotopic (exact) mass is 522 g/mol. The van der Waals surface area contributed by atoms with Crippen molar-refractivity contribution < 1.29 is 14.3 Å². The second kappa shape index (κ2) is 11.6. The Morgan fingerprint density at radius 2 is 1.79 bits per heavy atom. The molecule has 0 aromatic heterocycles. The van der Waals surface area contributed by atoms with Crippen molar-refractivity contribution in [1.29, 1.82) is 0 Å². The highest BCUT2D eigenvalue weighted by atomic mass is 16.6. The molecule has 1 spiro atoms.